The molecule has 0 amide bonds. The Hall–Kier alpha value is -1.42. The molecule has 0 aliphatic rings. The van der Waals surface area contributed by atoms with Crippen LogP contribution in [0.3, 0.4) is 0 Å². The fourth-order valence-electron chi connectivity index (χ4n) is 1.79. The van der Waals surface area contributed by atoms with Gasteiger partial charge in [-0.1, -0.05) is 37.4 Å². The maximum Gasteiger partial charge on any atom is 0.316 e. The molecule has 0 N–H and O–H groups in total. The molecule has 3 nitrogen and oxygen atoms in total. The van der Waals surface area contributed by atoms with E-state index in [0.29, 0.717) is 12.8 Å². The molecule has 0 aliphatic carbocycles. The van der Waals surface area contributed by atoms with Crippen molar-refractivity contribution in [3.8, 4) is 0 Å². The van der Waals surface area contributed by atoms with E-state index in [1.165, 1.54) is 25.3 Å². The van der Waals surface area contributed by atoms with Crippen molar-refractivity contribution in [3.05, 3.63) is 34.6 Å². The molecule has 0 aliphatic heterocycles. The molecule has 0 spiro atoms. The minimum absolute atomic E-state index is 0.134. The first-order valence-corrected chi connectivity index (χ1v) is 6.46. The fraction of sp³-hybridized carbons (Fsp3) is 0.429. The van der Waals surface area contributed by atoms with E-state index in [0.717, 1.165) is 6.42 Å². The van der Waals surface area contributed by atoms with Crippen molar-refractivity contribution >= 4 is 23.4 Å². The van der Waals surface area contributed by atoms with Gasteiger partial charge in [0, 0.05) is 0 Å². The fourth-order valence-corrected chi connectivity index (χ4v) is 1.96. The van der Waals surface area contributed by atoms with Gasteiger partial charge in [0.2, 0.25) is 0 Å². The normalized spacial score (nSPS) is 12.0. The molecule has 0 heterocycles. The number of ketones is 1. The van der Waals surface area contributed by atoms with Crippen molar-refractivity contribution in [2.45, 2.75) is 26.2 Å². The standard InChI is InChI=1S/C14H16ClFO3/c1-3-4-6-10(14(18)19-2)13(17)9-7-5-8-11(15)12(9)16/h5,7-8,10H,3-4,6H2,1-2H3. The summed E-state index contributed by atoms with van der Waals surface area (Å²) in [6.07, 6.45) is 1.86. The molecule has 1 rings (SSSR count). The number of unbranched alkanes of at least 4 members (excludes halogenated alkanes) is 1. The van der Waals surface area contributed by atoms with Gasteiger partial charge in [0.25, 0.3) is 0 Å². The summed E-state index contributed by atoms with van der Waals surface area (Å²) in [5, 5.41) is -0.134. The molecule has 1 unspecified atom stereocenters. The van der Waals surface area contributed by atoms with E-state index in [4.69, 9.17) is 11.6 Å². The van der Waals surface area contributed by atoms with Gasteiger partial charge in [0.15, 0.2) is 11.6 Å². The number of rotatable bonds is 6. The largest absolute Gasteiger partial charge is 0.468 e. The number of carbonyl (C=O) groups is 2. The number of carbonyl (C=O) groups excluding carboxylic acids is 2. The Labute approximate surface area is 116 Å². The maximum atomic E-state index is 13.8. The number of hydrogen-bond acceptors (Lipinski definition) is 3. The third kappa shape index (κ3) is 3.77. The van der Waals surface area contributed by atoms with Crippen LogP contribution in [0.1, 0.15) is 36.5 Å². The molecule has 1 aromatic rings. The Morgan fingerprint density at radius 2 is 2.11 bits per heavy atom. The van der Waals surface area contributed by atoms with Crippen molar-refractivity contribution in [1.82, 2.24) is 0 Å². The van der Waals surface area contributed by atoms with Crippen LogP contribution in [0.2, 0.25) is 5.02 Å². The Morgan fingerprint density at radius 1 is 1.42 bits per heavy atom. The summed E-state index contributed by atoms with van der Waals surface area (Å²) in [7, 11) is 1.21. The lowest BCUT2D eigenvalue weighted by molar-refractivity contribution is -0.143. The zero-order chi connectivity index (χ0) is 14.4. The van der Waals surface area contributed by atoms with Gasteiger partial charge < -0.3 is 4.74 Å². The molecule has 0 aromatic heterocycles. The summed E-state index contributed by atoms with van der Waals surface area (Å²) in [5.41, 5.74) is -0.168. The third-order valence-corrected chi connectivity index (χ3v) is 3.16. The number of benzene rings is 1. The minimum Gasteiger partial charge on any atom is -0.468 e. The first-order valence-electron chi connectivity index (χ1n) is 6.09. The van der Waals surface area contributed by atoms with Crippen molar-refractivity contribution in [2.24, 2.45) is 5.92 Å². The highest BCUT2D eigenvalue weighted by molar-refractivity contribution is 6.31. The Kier molecular flexibility index (Phi) is 5.96. The van der Waals surface area contributed by atoms with Gasteiger partial charge in [-0.2, -0.15) is 0 Å². The Balaban J connectivity index is 3.04. The summed E-state index contributed by atoms with van der Waals surface area (Å²) in [4.78, 5) is 23.9. The molecule has 5 heteroatoms. The zero-order valence-corrected chi connectivity index (χ0v) is 11.7. The molecule has 0 saturated heterocycles. The van der Waals surface area contributed by atoms with Crippen molar-refractivity contribution < 1.29 is 18.7 Å². The van der Waals surface area contributed by atoms with E-state index in [2.05, 4.69) is 4.74 Å². The van der Waals surface area contributed by atoms with E-state index in [1.807, 2.05) is 6.92 Å². The average Bonchev–Trinajstić information content (AvgIpc) is 2.41. The number of methoxy groups -OCH3 is 1. The predicted molar refractivity (Wildman–Crippen MR) is 70.8 cm³/mol. The number of halogens is 2. The lowest BCUT2D eigenvalue weighted by atomic mass is 9.92. The SMILES string of the molecule is CCCCC(C(=O)OC)C(=O)c1cccc(Cl)c1F. The first-order chi connectivity index (χ1) is 9.02. The molecule has 0 saturated carbocycles. The van der Waals surface area contributed by atoms with Crippen LogP contribution in [0.15, 0.2) is 18.2 Å². The second kappa shape index (κ2) is 7.24. The molecular weight excluding hydrogens is 271 g/mol. The first kappa shape index (κ1) is 15.6. The highest BCUT2D eigenvalue weighted by Gasteiger charge is 2.30. The van der Waals surface area contributed by atoms with Gasteiger partial charge in [-0.15, -0.1) is 0 Å². The van der Waals surface area contributed by atoms with Crippen LogP contribution < -0.4 is 0 Å². The Bertz CT molecular complexity index is 474. The topological polar surface area (TPSA) is 43.4 Å². The average molecular weight is 287 g/mol. The zero-order valence-electron chi connectivity index (χ0n) is 10.9. The van der Waals surface area contributed by atoms with Crippen molar-refractivity contribution in [2.75, 3.05) is 7.11 Å². The summed E-state index contributed by atoms with van der Waals surface area (Å²) in [6, 6.07) is 4.16. The molecule has 1 aromatic carbocycles. The number of Topliss-reactive ketones (excluding diaryl/α,β-unsaturated/α-hetero) is 1. The lowest BCUT2D eigenvalue weighted by Gasteiger charge is -2.13. The number of esters is 1. The molecule has 0 radical (unpaired) electrons. The molecule has 104 valence electrons. The van der Waals surface area contributed by atoms with E-state index in [9.17, 15) is 14.0 Å². The third-order valence-electron chi connectivity index (χ3n) is 2.87. The van der Waals surface area contributed by atoms with Gasteiger partial charge in [0.1, 0.15) is 5.92 Å². The predicted octanol–water partition coefficient (Wildman–Crippen LogP) is 3.64. The molecule has 0 fully saturated rings. The van der Waals surface area contributed by atoms with E-state index in [1.54, 1.807) is 0 Å². The van der Waals surface area contributed by atoms with Gasteiger partial charge in [-0.3, -0.25) is 9.59 Å². The molecular formula is C14H16ClFO3. The number of ether oxygens (including phenoxy) is 1. The van der Waals surface area contributed by atoms with Crippen LogP contribution in [-0.4, -0.2) is 18.9 Å². The van der Waals surface area contributed by atoms with E-state index >= 15 is 0 Å². The highest BCUT2D eigenvalue weighted by atomic mass is 35.5. The molecule has 1 atom stereocenters. The quantitative estimate of drug-likeness (QED) is 0.455. The highest BCUT2D eigenvalue weighted by Crippen LogP contribution is 2.23. The van der Waals surface area contributed by atoms with Crippen molar-refractivity contribution in [1.29, 1.82) is 0 Å². The van der Waals surface area contributed by atoms with Gasteiger partial charge in [-0.25, -0.2) is 4.39 Å². The number of hydrogen-bond donors (Lipinski definition) is 0. The molecule has 0 bridgehead atoms. The minimum atomic E-state index is -0.974. The summed E-state index contributed by atoms with van der Waals surface area (Å²) in [5.74, 6) is -2.99. The van der Waals surface area contributed by atoms with Crippen LogP contribution in [-0.2, 0) is 9.53 Å². The summed E-state index contributed by atoms with van der Waals surface area (Å²) in [6.45, 7) is 1.94. The van der Waals surface area contributed by atoms with E-state index in [-0.39, 0.29) is 10.6 Å². The van der Waals surface area contributed by atoms with Crippen LogP contribution in [0.4, 0.5) is 4.39 Å². The van der Waals surface area contributed by atoms with E-state index < -0.39 is 23.5 Å². The maximum absolute atomic E-state index is 13.8. The van der Waals surface area contributed by atoms with Gasteiger partial charge >= 0.3 is 5.97 Å². The van der Waals surface area contributed by atoms with Gasteiger partial charge in [0.05, 0.1) is 17.7 Å². The smallest absolute Gasteiger partial charge is 0.316 e. The monoisotopic (exact) mass is 286 g/mol. The van der Waals surface area contributed by atoms with Gasteiger partial charge in [-0.05, 0) is 18.6 Å². The van der Waals surface area contributed by atoms with Crippen LogP contribution in [0, 0.1) is 11.7 Å². The van der Waals surface area contributed by atoms with Crippen LogP contribution >= 0.6 is 11.6 Å². The van der Waals surface area contributed by atoms with Crippen molar-refractivity contribution in [3.63, 3.8) is 0 Å². The summed E-state index contributed by atoms with van der Waals surface area (Å²) >= 11 is 5.64. The Morgan fingerprint density at radius 3 is 2.68 bits per heavy atom. The van der Waals surface area contributed by atoms with Crippen LogP contribution in [0.25, 0.3) is 0 Å². The second-order valence-electron chi connectivity index (χ2n) is 4.18. The summed E-state index contributed by atoms with van der Waals surface area (Å²) < 4.78 is 18.4. The second-order valence-corrected chi connectivity index (χ2v) is 4.59. The molecule has 19 heavy (non-hydrogen) atoms. The lowest BCUT2D eigenvalue weighted by Crippen LogP contribution is -2.26. The van der Waals surface area contributed by atoms with Crippen LogP contribution in [0.5, 0.6) is 0 Å².